The minimum absolute atomic E-state index is 0.0589. The molecule has 2 rings (SSSR count). The van der Waals surface area contributed by atoms with Gasteiger partial charge in [-0.25, -0.2) is 18.1 Å². The lowest BCUT2D eigenvalue weighted by molar-refractivity contribution is 0.600. The second kappa shape index (κ2) is 4.87. The van der Waals surface area contributed by atoms with E-state index in [1.165, 1.54) is 30.6 Å². The van der Waals surface area contributed by atoms with Crippen LogP contribution in [0.4, 0.5) is 11.6 Å². The van der Waals surface area contributed by atoms with Gasteiger partial charge in [0.2, 0.25) is 0 Å². The lowest BCUT2D eigenvalue weighted by atomic mass is 10.2. The molecule has 9 heteroatoms. The smallest absolute Gasteiger partial charge is 0.265 e. The first-order chi connectivity index (χ1) is 9.03. The molecule has 0 aliphatic heterocycles. The molecule has 0 bridgehead atoms. The quantitative estimate of drug-likeness (QED) is 0.760. The van der Waals surface area contributed by atoms with Crippen molar-refractivity contribution in [1.82, 2.24) is 15.2 Å². The van der Waals surface area contributed by atoms with Gasteiger partial charge in [0.25, 0.3) is 16.0 Å². The predicted molar refractivity (Wildman–Crippen MR) is 66.2 cm³/mol. The third kappa shape index (κ3) is 2.75. The number of hydrogen-bond donors (Lipinski definition) is 2. The van der Waals surface area contributed by atoms with E-state index in [2.05, 4.69) is 19.9 Å². The van der Waals surface area contributed by atoms with E-state index < -0.39 is 10.0 Å². The average Bonchev–Trinajstić information content (AvgIpc) is 2.38. The van der Waals surface area contributed by atoms with Gasteiger partial charge in [0.05, 0.1) is 18.0 Å². The fourth-order valence-electron chi connectivity index (χ4n) is 1.34. The van der Waals surface area contributed by atoms with Gasteiger partial charge < -0.3 is 5.73 Å². The van der Waals surface area contributed by atoms with Crippen LogP contribution < -0.4 is 10.5 Å². The summed E-state index contributed by atoms with van der Waals surface area (Å²) in [7, 11) is -3.97. The number of nitriles is 1. The maximum Gasteiger partial charge on any atom is 0.265 e. The van der Waals surface area contributed by atoms with Gasteiger partial charge in [0.1, 0.15) is 11.0 Å². The van der Waals surface area contributed by atoms with E-state index in [4.69, 9.17) is 11.0 Å². The SMILES string of the molecule is N#Cc1cc(N)ccc1S(=O)(=O)Nc1nccnn1. The maximum atomic E-state index is 12.1. The Morgan fingerprint density at radius 3 is 2.74 bits per heavy atom. The van der Waals surface area contributed by atoms with Crippen LogP contribution in [-0.4, -0.2) is 23.6 Å². The van der Waals surface area contributed by atoms with Crippen LogP contribution in [0.25, 0.3) is 0 Å². The number of hydrogen-bond acceptors (Lipinski definition) is 7. The number of benzene rings is 1. The van der Waals surface area contributed by atoms with E-state index >= 15 is 0 Å². The second-order valence-corrected chi connectivity index (χ2v) is 5.09. The first-order valence-electron chi connectivity index (χ1n) is 4.99. The van der Waals surface area contributed by atoms with Crippen molar-refractivity contribution in [3.63, 3.8) is 0 Å². The number of nitrogens with one attached hydrogen (secondary N) is 1. The van der Waals surface area contributed by atoms with E-state index in [0.29, 0.717) is 5.69 Å². The Bertz CT molecular complexity index is 738. The number of nitrogens with two attached hydrogens (primary N) is 1. The fourth-order valence-corrected chi connectivity index (χ4v) is 2.42. The largest absolute Gasteiger partial charge is 0.399 e. The van der Waals surface area contributed by atoms with Gasteiger partial charge in [-0.3, -0.25) is 0 Å². The minimum Gasteiger partial charge on any atom is -0.399 e. The van der Waals surface area contributed by atoms with E-state index in [1.54, 1.807) is 6.07 Å². The summed E-state index contributed by atoms with van der Waals surface area (Å²) in [6.45, 7) is 0. The molecule has 0 spiro atoms. The van der Waals surface area contributed by atoms with E-state index in [1.807, 2.05) is 0 Å². The topological polar surface area (TPSA) is 135 Å². The number of nitrogens with zero attached hydrogens (tertiary/aromatic N) is 4. The monoisotopic (exact) mass is 276 g/mol. The molecule has 0 amide bonds. The molecule has 1 heterocycles. The van der Waals surface area contributed by atoms with Crippen LogP contribution in [-0.2, 0) is 10.0 Å². The summed E-state index contributed by atoms with van der Waals surface area (Å²) in [6.07, 6.45) is 2.60. The highest BCUT2D eigenvalue weighted by molar-refractivity contribution is 7.92. The van der Waals surface area contributed by atoms with Crippen LogP contribution in [0.5, 0.6) is 0 Å². The van der Waals surface area contributed by atoms with Gasteiger partial charge in [0, 0.05) is 5.69 Å². The van der Waals surface area contributed by atoms with Crippen molar-refractivity contribution in [3.05, 3.63) is 36.2 Å². The molecule has 0 saturated carbocycles. The zero-order valence-corrected chi connectivity index (χ0v) is 10.3. The van der Waals surface area contributed by atoms with Crippen LogP contribution in [0.3, 0.4) is 0 Å². The van der Waals surface area contributed by atoms with Crippen molar-refractivity contribution in [2.75, 3.05) is 10.5 Å². The molecule has 0 aliphatic rings. The Balaban J connectivity index is 2.44. The van der Waals surface area contributed by atoms with Crippen molar-refractivity contribution < 1.29 is 8.42 Å². The zero-order chi connectivity index (χ0) is 13.9. The number of rotatable bonds is 3. The first-order valence-corrected chi connectivity index (χ1v) is 6.47. The van der Waals surface area contributed by atoms with Gasteiger partial charge in [0.15, 0.2) is 0 Å². The number of aromatic nitrogens is 3. The van der Waals surface area contributed by atoms with Gasteiger partial charge in [-0.2, -0.15) is 10.4 Å². The van der Waals surface area contributed by atoms with E-state index in [0.717, 1.165) is 0 Å². The van der Waals surface area contributed by atoms with Gasteiger partial charge >= 0.3 is 0 Å². The van der Waals surface area contributed by atoms with Crippen molar-refractivity contribution >= 4 is 21.7 Å². The molecule has 0 atom stereocenters. The highest BCUT2D eigenvalue weighted by atomic mass is 32.2. The van der Waals surface area contributed by atoms with Crippen LogP contribution in [0.1, 0.15) is 5.56 Å². The molecule has 0 unspecified atom stereocenters. The lowest BCUT2D eigenvalue weighted by Crippen LogP contribution is -2.16. The molecule has 0 radical (unpaired) electrons. The number of anilines is 2. The van der Waals surface area contributed by atoms with Gasteiger partial charge in [-0.05, 0) is 18.2 Å². The molecule has 3 N–H and O–H groups in total. The normalized spacial score (nSPS) is 10.7. The molecule has 1 aromatic heterocycles. The van der Waals surface area contributed by atoms with Crippen molar-refractivity contribution in [1.29, 1.82) is 5.26 Å². The highest BCUT2D eigenvalue weighted by Gasteiger charge is 2.20. The molecular weight excluding hydrogens is 268 g/mol. The molecule has 8 nitrogen and oxygen atoms in total. The molecule has 0 aliphatic carbocycles. The average molecular weight is 276 g/mol. The highest BCUT2D eigenvalue weighted by Crippen LogP contribution is 2.19. The molecule has 19 heavy (non-hydrogen) atoms. The van der Waals surface area contributed by atoms with E-state index in [9.17, 15) is 8.42 Å². The third-order valence-electron chi connectivity index (χ3n) is 2.12. The summed E-state index contributed by atoms with van der Waals surface area (Å²) >= 11 is 0. The number of sulfonamides is 1. The minimum atomic E-state index is -3.97. The van der Waals surface area contributed by atoms with E-state index in [-0.39, 0.29) is 16.4 Å². The molecule has 0 fully saturated rings. The van der Waals surface area contributed by atoms with Crippen molar-refractivity contribution in [2.24, 2.45) is 0 Å². The zero-order valence-electron chi connectivity index (χ0n) is 9.48. The Kier molecular flexibility index (Phi) is 3.26. The molecule has 96 valence electrons. The summed E-state index contributed by atoms with van der Waals surface area (Å²) in [5.74, 6) is -0.178. The third-order valence-corrected chi connectivity index (χ3v) is 3.51. The fraction of sp³-hybridized carbons (Fsp3) is 0. The van der Waals surface area contributed by atoms with Crippen molar-refractivity contribution in [3.8, 4) is 6.07 Å². The summed E-state index contributed by atoms with van der Waals surface area (Å²) in [4.78, 5) is 3.49. The maximum absolute atomic E-state index is 12.1. The Labute approximate surface area is 109 Å². The summed E-state index contributed by atoms with van der Waals surface area (Å²) in [6, 6.07) is 5.68. The van der Waals surface area contributed by atoms with Crippen LogP contribution in [0, 0.1) is 11.3 Å². The Morgan fingerprint density at radius 2 is 2.11 bits per heavy atom. The predicted octanol–water partition coefficient (Wildman–Crippen LogP) is 0.126. The van der Waals surface area contributed by atoms with Crippen LogP contribution in [0.15, 0.2) is 35.5 Å². The Hall–Kier alpha value is -2.73. The number of nitrogen functional groups attached to an aromatic ring is 1. The molecule has 0 saturated heterocycles. The lowest BCUT2D eigenvalue weighted by Gasteiger charge is -2.07. The summed E-state index contributed by atoms with van der Waals surface area (Å²) in [5.41, 5.74) is 5.74. The summed E-state index contributed by atoms with van der Waals surface area (Å²) < 4.78 is 26.3. The van der Waals surface area contributed by atoms with Crippen LogP contribution >= 0.6 is 0 Å². The standard InChI is InChI=1S/C10H8N6O2S/c11-6-7-5-8(12)1-2-9(7)19(17,18)16-10-13-3-4-14-15-10/h1-5H,12H2,(H,13,15,16). The molecule has 2 aromatic rings. The van der Waals surface area contributed by atoms with Crippen LogP contribution in [0.2, 0.25) is 0 Å². The first kappa shape index (κ1) is 12.7. The molecular formula is C10H8N6O2S. The molecule has 1 aromatic carbocycles. The van der Waals surface area contributed by atoms with Gasteiger partial charge in [-0.1, -0.05) is 0 Å². The second-order valence-electron chi connectivity index (χ2n) is 3.44. The van der Waals surface area contributed by atoms with Gasteiger partial charge in [-0.15, -0.1) is 5.10 Å². The Morgan fingerprint density at radius 1 is 1.32 bits per heavy atom. The van der Waals surface area contributed by atoms with Crippen molar-refractivity contribution in [2.45, 2.75) is 4.90 Å². The summed E-state index contributed by atoms with van der Waals surface area (Å²) in [5, 5.41) is 15.9.